The third kappa shape index (κ3) is 5.66. The van der Waals surface area contributed by atoms with E-state index in [2.05, 4.69) is 25.0 Å². The van der Waals surface area contributed by atoms with E-state index < -0.39 is 21.3 Å². The number of amides is 1. The van der Waals surface area contributed by atoms with Crippen LogP contribution in [0.15, 0.2) is 48.9 Å². The quantitative estimate of drug-likeness (QED) is 0.244. The van der Waals surface area contributed by atoms with Crippen LogP contribution in [-0.2, 0) is 20.2 Å². The number of carbonyl (C=O) groups excluding carboxylic acids is 1. The first kappa shape index (κ1) is 30.7. The Morgan fingerprint density at radius 1 is 1.13 bits per heavy atom. The molecule has 2 aliphatic rings. The maximum atomic E-state index is 15.7. The van der Waals surface area contributed by atoms with E-state index >= 15 is 4.39 Å². The molecule has 13 heteroatoms. The Kier molecular flexibility index (Phi) is 7.86. The van der Waals surface area contributed by atoms with Crippen molar-refractivity contribution in [2.24, 2.45) is 0 Å². The van der Waals surface area contributed by atoms with Crippen molar-refractivity contribution in [2.75, 3.05) is 43.2 Å². The third-order valence-corrected chi connectivity index (χ3v) is 9.06. The Balaban J connectivity index is 1.40. The molecule has 236 valence electrons. The number of benzene rings is 1. The maximum Gasteiger partial charge on any atom is 0.238 e. The van der Waals surface area contributed by atoms with Gasteiger partial charge in [0, 0.05) is 66.2 Å². The van der Waals surface area contributed by atoms with Crippen molar-refractivity contribution in [1.82, 2.24) is 20.3 Å². The predicted molar refractivity (Wildman–Crippen MR) is 170 cm³/mol. The number of pyridine rings is 3. The molecule has 45 heavy (non-hydrogen) atoms. The number of hydrogen-bond acceptors (Lipinski definition) is 9. The highest BCUT2D eigenvalue weighted by molar-refractivity contribution is 7.92. The Morgan fingerprint density at radius 2 is 1.91 bits per heavy atom. The number of carbonyl (C=O) groups is 1. The second kappa shape index (κ2) is 11.5. The first-order valence-electron chi connectivity index (χ1n) is 14.7. The van der Waals surface area contributed by atoms with E-state index in [1.54, 1.807) is 37.5 Å². The zero-order valence-corrected chi connectivity index (χ0v) is 26.5. The Hall–Kier alpha value is -4.36. The summed E-state index contributed by atoms with van der Waals surface area (Å²) in [6, 6.07) is 8.61. The van der Waals surface area contributed by atoms with Crippen LogP contribution in [0.3, 0.4) is 0 Å². The average Bonchev–Trinajstić information content (AvgIpc) is 3.20. The lowest BCUT2D eigenvalue weighted by atomic mass is 9.57. The molecule has 3 aromatic heterocycles. The van der Waals surface area contributed by atoms with Gasteiger partial charge in [-0.1, -0.05) is 13.8 Å². The number of hydrogen-bond donors (Lipinski definition) is 2. The molecule has 0 radical (unpaired) electrons. The second-order valence-corrected chi connectivity index (χ2v) is 13.7. The van der Waals surface area contributed by atoms with Gasteiger partial charge in [-0.15, -0.1) is 0 Å². The number of aromatic nitrogens is 3. The number of likely N-dealkylation sites (N-methyl/N-ethyl adjacent to an activating group) is 1. The van der Waals surface area contributed by atoms with Gasteiger partial charge in [0.1, 0.15) is 18.1 Å². The molecule has 1 saturated carbocycles. The summed E-state index contributed by atoms with van der Waals surface area (Å²) in [5.74, 6) is 0.132. The molecular formula is C32H35FN6O5S. The van der Waals surface area contributed by atoms with E-state index in [1.807, 2.05) is 26.0 Å². The molecule has 6 rings (SSSR count). The number of halogens is 1. The highest BCUT2D eigenvalue weighted by Crippen LogP contribution is 2.60. The number of ether oxygens (including phenoxy) is 2. The minimum Gasteiger partial charge on any atom is -0.481 e. The summed E-state index contributed by atoms with van der Waals surface area (Å²) in [5.41, 5.74) is 2.81. The fourth-order valence-corrected chi connectivity index (χ4v) is 6.93. The summed E-state index contributed by atoms with van der Waals surface area (Å²) < 4.78 is 53.6. The number of anilines is 2. The van der Waals surface area contributed by atoms with Gasteiger partial charge < -0.3 is 19.7 Å². The van der Waals surface area contributed by atoms with Gasteiger partial charge in [0.05, 0.1) is 36.2 Å². The Labute approximate surface area is 261 Å². The summed E-state index contributed by atoms with van der Waals surface area (Å²) in [4.78, 5) is 28.5. The molecule has 1 spiro atoms. The van der Waals surface area contributed by atoms with Crippen LogP contribution in [0.1, 0.15) is 43.7 Å². The van der Waals surface area contributed by atoms with Crippen LogP contribution in [0.4, 0.5) is 15.8 Å². The van der Waals surface area contributed by atoms with Crippen molar-refractivity contribution >= 4 is 38.2 Å². The van der Waals surface area contributed by atoms with Gasteiger partial charge in [-0.2, -0.15) is 0 Å². The normalized spacial score (nSPS) is 19.2. The van der Waals surface area contributed by atoms with Crippen LogP contribution < -0.4 is 24.4 Å². The van der Waals surface area contributed by atoms with E-state index in [0.717, 1.165) is 17.4 Å². The van der Waals surface area contributed by atoms with Crippen molar-refractivity contribution in [3.05, 3.63) is 65.9 Å². The van der Waals surface area contributed by atoms with Gasteiger partial charge in [0.15, 0.2) is 0 Å². The van der Waals surface area contributed by atoms with Crippen LogP contribution in [-0.4, -0.2) is 68.9 Å². The topological polar surface area (TPSA) is 136 Å². The van der Waals surface area contributed by atoms with E-state index in [4.69, 9.17) is 9.47 Å². The number of methoxy groups -OCH3 is 1. The molecule has 4 aromatic rings. The lowest BCUT2D eigenvalue weighted by molar-refractivity contribution is -0.126. The van der Waals surface area contributed by atoms with Crippen molar-refractivity contribution in [3.63, 3.8) is 0 Å². The van der Waals surface area contributed by atoms with E-state index in [1.165, 1.54) is 18.3 Å². The van der Waals surface area contributed by atoms with Gasteiger partial charge >= 0.3 is 0 Å². The molecule has 1 aliphatic carbocycles. The molecule has 2 N–H and O–H groups in total. The fraction of sp³-hybridized carbons (Fsp3) is 0.375. The minimum absolute atomic E-state index is 0.0234. The van der Waals surface area contributed by atoms with Gasteiger partial charge in [0.2, 0.25) is 27.7 Å². The zero-order chi connectivity index (χ0) is 32.1. The summed E-state index contributed by atoms with van der Waals surface area (Å²) in [5, 5.41) is 3.88. The van der Waals surface area contributed by atoms with E-state index in [9.17, 15) is 13.2 Å². The number of nitrogens with one attached hydrogen (secondary N) is 2. The fourth-order valence-electron chi connectivity index (χ4n) is 6.39. The van der Waals surface area contributed by atoms with Gasteiger partial charge in [0.25, 0.3) is 0 Å². The summed E-state index contributed by atoms with van der Waals surface area (Å²) in [6.07, 6.45) is 6.94. The van der Waals surface area contributed by atoms with Gasteiger partial charge in [-0.3, -0.25) is 14.5 Å². The van der Waals surface area contributed by atoms with Crippen LogP contribution in [0.25, 0.3) is 22.0 Å². The monoisotopic (exact) mass is 634 g/mol. The molecule has 1 fully saturated rings. The standard InChI is InChI=1S/C32H35FN6O5S/c1-18(2)34-8-9-44-30-26(38-45(5,41)42)10-20(16-37-30)22-12-23-25(13-24(22)33)36-17-27-29(23)32(31(40)39(27)3)14-21(15-32)19-6-7-35-28(11-19)43-4/h6-7,10-13,16-18,21,34,38H,8-9,14-15H2,1-5H3. The van der Waals surface area contributed by atoms with Crippen molar-refractivity contribution in [3.8, 4) is 22.9 Å². The number of fused-ring (bicyclic) bond motifs is 4. The number of sulfonamides is 1. The van der Waals surface area contributed by atoms with Gasteiger partial charge in [-0.25, -0.2) is 22.8 Å². The minimum atomic E-state index is -3.70. The summed E-state index contributed by atoms with van der Waals surface area (Å²) in [6.45, 7) is 4.79. The highest BCUT2D eigenvalue weighted by atomic mass is 32.2. The molecule has 0 saturated heterocycles. The largest absolute Gasteiger partial charge is 0.481 e. The molecule has 0 unspecified atom stereocenters. The number of rotatable bonds is 10. The lowest BCUT2D eigenvalue weighted by Crippen LogP contribution is -2.47. The second-order valence-electron chi connectivity index (χ2n) is 12.0. The first-order valence-corrected chi connectivity index (χ1v) is 16.5. The first-order chi connectivity index (χ1) is 21.4. The highest BCUT2D eigenvalue weighted by Gasteiger charge is 2.58. The number of nitrogens with zero attached hydrogens (tertiary/aromatic N) is 4. The SMILES string of the molecule is COc1cc(C2CC3(C2)C(=O)N(C)c2cnc4cc(F)c(-c5cnc(OCCNC(C)C)c(NS(C)(=O)=O)c5)cc4c23)ccn1. The molecule has 0 bridgehead atoms. The molecule has 4 heterocycles. The predicted octanol–water partition coefficient (Wildman–Crippen LogP) is 4.38. The third-order valence-electron chi connectivity index (χ3n) is 8.47. The van der Waals surface area contributed by atoms with E-state index in [-0.39, 0.29) is 41.6 Å². The van der Waals surface area contributed by atoms with Crippen LogP contribution in [0, 0.1) is 5.82 Å². The van der Waals surface area contributed by atoms with Crippen LogP contribution >= 0.6 is 0 Å². The maximum absolute atomic E-state index is 15.7. The van der Waals surface area contributed by atoms with Crippen molar-refractivity contribution < 1.29 is 27.1 Å². The Bertz CT molecular complexity index is 1910. The van der Waals surface area contributed by atoms with Gasteiger partial charge in [-0.05, 0) is 42.5 Å². The van der Waals surface area contributed by atoms with Crippen LogP contribution in [0.5, 0.6) is 11.8 Å². The van der Waals surface area contributed by atoms with Crippen molar-refractivity contribution in [2.45, 2.75) is 44.1 Å². The molecule has 11 nitrogen and oxygen atoms in total. The Morgan fingerprint density at radius 3 is 2.62 bits per heavy atom. The molecule has 1 amide bonds. The average molecular weight is 635 g/mol. The molecular weight excluding hydrogens is 599 g/mol. The molecule has 1 aliphatic heterocycles. The summed E-state index contributed by atoms with van der Waals surface area (Å²) in [7, 11) is -0.393. The molecule has 0 atom stereocenters. The van der Waals surface area contributed by atoms with Crippen LogP contribution in [0.2, 0.25) is 0 Å². The zero-order valence-electron chi connectivity index (χ0n) is 25.7. The lowest BCUT2D eigenvalue weighted by Gasteiger charge is -2.44. The summed E-state index contributed by atoms with van der Waals surface area (Å²) >= 11 is 0. The van der Waals surface area contributed by atoms with E-state index in [0.29, 0.717) is 47.4 Å². The smallest absolute Gasteiger partial charge is 0.238 e. The molecule has 1 aromatic carbocycles. The van der Waals surface area contributed by atoms with Crippen molar-refractivity contribution in [1.29, 1.82) is 0 Å².